The van der Waals surface area contributed by atoms with E-state index in [0.717, 1.165) is 10.0 Å². The third-order valence-corrected chi connectivity index (χ3v) is 3.43. The molecule has 0 saturated carbocycles. The van der Waals surface area contributed by atoms with Crippen LogP contribution >= 0.6 is 15.9 Å². The van der Waals surface area contributed by atoms with E-state index in [4.69, 9.17) is 0 Å². The first-order valence-electron chi connectivity index (χ1n) is 5.96. The van der Waals surface area contributed by atoms with E-state index >= 15 is 0 Å². The summed E-state index contributed by atoms with van der Waals surface area (Å²) >= 11 is 3.34. The average molecular weight is 338 g/mol. The van der Waals surface area contributed by atoms with Crippen molar-refractivity contribution in [1.29, 1.82) is 0 Å². The van der Waals surface area contributed by atoms with Crippen molar-refractivity contribution < 1.29 is 14.3 Å². The monoisotopic (exact) mass is 337 g/mol. The van der Waals surface area contributed by atoms with Crippen molar-refractivity contribution in [1.82, 2.24) is 0 Å². The topological polar surface area (TPSA) is 40.5 Å². The Labute approximate surface area is 124 Å². The summed E-state index contributed by atoms with van der Waals surface area (Å²) in [7, 11) is 1.80. The molecule has 104 valence electrons. The zero-order valence-electron chi connectivity index (χ0n) is 10.8. The number of nitrogens with zero attached hydrogens (tertiary/aromatic N) is 1. The number of carboxylic acids is 1. The Bertz CT molecular complexity index is 628. The molecule has 0 aliphatic heterocycles. The number of hydrogen-bond donors (Lipinski definition) is 1. The van der Waals surface area contributed by atoms with Crippen LogP contribution in [0.4, 0.5) is 10.1 Å². The maximum Gasteiger partial charge on any atom is 0.337 e. The molecule has 0 fully saturated rings. The lowest BCUT2D eigenvalue weighted by atomic mass is 10.1. The summed E-state index contributed by atoms with van der Waals surface area (Å²) in [5, 5.41) is 9.22. The van der Waals surface area contributed by atoms with Gasteiger partial charge < -0.3 is 10.0 Å². The van der Waals surface area contributed by atoms with Crippen LogP contribution < -0.4 is 4.90 Å². The molecule has 5 heteroatoms. The molecule has 0 aromatic heterocycles. The van der Waals surface area contributed by atoms with Crippen molar-refractivity contribution in [2.45, 2.75) is 6.54 Å². The molecule has 0 saturated heterocycles. The first kappa shape index (κ1) is 14.5. The number of anilines is 1. The van der Waals surface area contributed by atoms with Crippen molar-refractivity contribution in [2.24, 2.45) is 0 Å². The first-order chi connectivity index (χ1) is 9.47. The first-order valence-corrected chi connectivity index (χ1v) is 6.75. The highest BCUT2D eigenvalue weighted by molar-refractivity contribution is 9.10. The lowest BCUT2D eigenvalue weighted by Crippen LogP contribution is -2.19. The molecule has 1 N–H and O–H groups in total. The SMILES string of the molecule is CN(Cc1ccc(F)cc1)c1cc(Br)ccc1C(=O)O. The lowest BCUT2D eigenvalue weighted by Gasteiger charge is -2.21. The Morgan fingerprint density at radius 3 is 2.50 bits per heavy atom. The summed E-state index contributed by atoms with van der Waals surface area (Å²) in [6.45, 7) is 0.497. The molecule has 20 heavy (non-hydrogen) atoms. The second-order valence-electron chi connectivity index (χ2n) is 4.45. The number of carbonyl (C=O) groups is 1. The minimum atomic E-state index is -0.974. The van der Waals surface area contributed by atoms with E-state index < -0.39 is 5.97 Å². The van der Waals surface area contributed by atoms with Gasteiger partial charge in [0.1, 0.15) is 5.82 Å². The Balaban J connectivity index is 2.28. The van der Waals surface area contributed by atoms with Crippen LogP contribution in [-0.2, 0) is 6.54 Å². The molecule has 3 nitrogen and oxygen atoms in total. The van der Waals surface area contributed by atoms with Gasteiger partial charge in [-0.25, -0.2) is 9.18 Å². The number of rotatable bonds is 4. The van der Waals surface area contributed by atoms with Crippen LogP contribution in [0.1, 0.15) is 15.9 Å². The van der Waals surface area contributed by atoms with Crippen molar-refractivity contribution in [2.75, 3.05) is 11.9 Å². The van der Waals surface area contributed by atoms with Gasteiger partial charge in [0.25, 0.3) is 0 Å². The van der Waals surface area contributed by atoms with Crippen molar-refractivity contribution in [3.63, 3.8) is 0 Å². The van der Waals surface area contributed by atoms with Gasteiger partial charge in [-0.15, -0.1) is 0 Å². The third-order valence-electron chi connectivity index (χ3n) is 2.93. The third kappa shape index (κ3) is 3.36. The van der Waals surface area contributed by atoms with Crippen molar-refractivity contribution in [3.8, 4) is 0 Å². The van der Waals surface area contributed by atoms with E-state index in [0.29, 0.717) is 12.2 Å². The summed E-state index contributed by atoms with van der Waals surface area (Å²) in [4.78, 5) is 13.1. The molecular formula is C15H13BrFNO2. The van der Waals surface area contributed by atoms with E-state index in [1.165, 1.54) is 12.1 Å². The van der Waals surface area contributed by atoms with Gasteiger partial charge in [-0.05, 0) is 35.9 Å². The van der Waals surface area contributed by atoms with Crippen LogP contribution in [0.2, 0.25) is 0 Å². The minimum absolute atomic E-state index is 0.234. The standard InChI is InChI=1S/C15H13BrFNO2/c1-18(9-10-2-5-12(17)6-3-10)14-8-11(16)4-7-13(14)15(19)20/h2-8H,9H2,1H3,(H,19,20). The van der Waals surface area contributed by atoms with Gasteiger partial charge in [0, 0.05) is 18.1 Å². The number of benzene rings is 2. The summed E-state index contributed by atoms with van der Waals surface area (Å²) in [5.41, 5.74) is 1.75. The van der Waals surface area contributed by atoms with Crippen LogP contribution in [0, 0.1) is 5.82 Å². The molecule has 0 unspecified atom stereocenters. The normalized spacial score (nSPS) is 10.3. The van der Waals surface area contributed by atoms with Gasteiger partial charge in [-0.1, -0.05) is 28.1 Å². The fraction of sp³-hybridized carbons (Fsp3) is 0.133. The van der Waals surface area contributed by atoms with Gasteiger partial charge in [0.2, 0.25) is 0 Å². The smallest absolute Gasteiger partial charge is 0.337 e. The van der Waals surface area contributed by atoms with Crippen LogP contribution in [0.3, 0.4) is 0 Å². The maximum absolute atomic E-state index is 12.9. The molecule has 0 amide bonds. The molecule has 0 heterocycles. The minimum Gasteiger partial charge on any atom is -0.478 e. The average Bonchev–Trinajstić information content (AvgIpc) is 2.41. The van der Waals surface area contributed by atoms with E-state index in [1.807, 2.05) is 4.90 Å². The van der Waals surface area contributed by atoms with Crippen LogP contribution in [0.15, 0.2) is 46.9 Å². The predicted molar refractivity (Wildman–Crippen MR) is 79.6 cm³/mol. The van der Waals surface area contributed by atoms with Gasteiger partial charge >= 0.3 is 5.97 Å². The molecule has 0 spiro atoms. The second kappa shape index (κ2) is 6.05. The van der Waals surface area contributed by atoms with Crippen LogP contribution in [0.25, 0.3) is 0 Å². The molecular weight excluding hydrogens is 325 g/mol. The summed E-state index contributed by atoms with van der Waals surface area (Å²) < 4.78 is 13.7. The van der Waals surface area contributed by atoms with Gasteiger partial charge in [-0.2, -0.15) is 0 Å². The maximum atomic E-state index is 12.9. The van der Waals surface area contributed by atoms with Gasteiger partial charge in [0.05, 0.1) is 11.3 Å². The Morgan fingerprint density at radius 1 is 1.25 bits per heavy atom. The second-order valence-corrected chi connectivity index (χ2v) is 5.36. The highest BCUT2D eigenvalue weighted by atomic mass is 79.9. The molecule has 2 aromatic rings. The molecule has 0 radical (unpaired) electrons. The molecule has 2 rings (SSSR count). The summed E-state index contributed by atoms with van der Waals surface area (Å²) in [6.07, 6.45) is 0. The van der Waals surface area contributed by atoms with Crippen LogP contribution in [-0.4, -0.2) is 18.1 Å². The summed E-state index contributed by atoms with van der Waals surface area (Å²) in [5.74, 6) is -1.26. The van der Waals surface area contributed by atoms with Gasteiger partial charge in [0.15, 0.2) is 0 Å². The largest absolute Gasteiger partial charge is 0.478 e. The fourth-order valence-corrected chi connectivity index (χ4v) is 2.30. The number of hydrogen-bond acceptors (Lipinski definition) is 2. The molecule has 0 aliphatic rings. The quantitative estimate of drug-likeness (QED) is 0.919. The number of carboxylic acid groups (broad SMARTS) is 1. The van der Waals surface area contributed by atoms with Crippen molar-refractivity contribution >= 4 is 27.6 Å². The highest BCUT2D eigenvalue weighted by Crippen LogP contribution is 2.25. The molecule has 0 atom stereocenters. The molecule has 0 aliphatic carbocycles. The van der Waals surface area contributed by atoms with E-state index in [2.05, 4.69) is 15.9 Å². The zero-order valence-corrected chi connectivity index (χ0v) is 12.4. The number of aromatic carboxylic acids is 1. The van der Waals surface area contributed by atoms with Gasteiger partial charge in [-0.3, -0.25) is 0 Å². The number of halogens is 2. The summed E-state index contributed by atoms with van der Waals surface area (Å²) in [6, 6.07) is 11.2. The van der Waals surface area contributed by atoms with E-state index in [9.17, 15) is 14.3 Å². The predicted octanol–water partition coefficient (Wildman–Crippen LogP) is 3.92. The van der Waals surface area contributed by atoms with Crippen molar-refractivity contribution in [3.05, 3.63) is 63.9 Å². The Morgan fingerprint density at radius 2 is 1.90 bits per heavy atom. The molecule has 0 bridgehead atoms. The zero-order chi connectivity index (χ0) is 14.7. The highest BCUT2D eigenvalue weighted by Gasteiger charge is 2.14. The Kier molecular flexibility index (Phi) is 4.39. The van der Waals surface area contributed by atoms with E-state index in [-0.39, 0.29) is 11.4 Å². The van der Waals surface area contributed by atoms with Crippen LogP contribution in [0.5, 0.6) is 0 Å². The Hall–Kier alpha value is -1.88. The van der Waals surface area contributed by atoms with E-state index in [1.54, 1.807) is 37.4 Å². The molecule has 2 aromatic carbocycles. The lowest BCUT2D eigenvalue weighted by molar-refractivity contribution is 0.0697. The fourth-order valence-electron chi connectivity index (χ4n) is 1.95.